The van der Waals surface area contributed by atoms with Crippen LogP contribution in [0.2, 0.25) is 0 Å². The second kappa shape index (κ2) is 10.7. The number of hydrogen-bond donors (Lipinski definition) is 1. The van der Waals surface area contributed by atoms with E-state index in [-0.39, 0.29) is 11.9 Å². The smallest absolute Gasteiger partial charge is 0.427 e. The van der Waals surface area contributed by atoms with Crippen LogP contribution in [-0.2, 0) is 9.47 Å². The molecule has 1 N–H and O–H groups in total. The maximum atomic E-state index is 13.1. The number of benzene rings is 2. The lowest BCUT2D eigenvalue weighted by Gasteiger charge is -2.27. The fourth-order valence-electron chi connectivity index (χ4n) is 3.00. The molecule has 3 aromatic rings. The van der Waals surface area contributed by atoms with Crippen molar-refractivity contribution in [3.8, 4) is 11.3 Å². The molecule has 2 aromatic carbocycles. The van der Waals surface area contributed by atoms with Crippen molar-refractivity contribution in [1.82, 2.24) is 9.97 Å². The Bertz CT molecular complexity index is 1250. The van der Waals surface area contributed by atoms with E-state index in [1.165, 1.54) is 30.5 Å². The highest BCUT2D eigenvalue weighted by Gasteiger charge is 2.34. The first-order valence-corrected chi connectivity index (χ1v) is 11.5. The van der Waals surface area contributed by atoms with Gasteiger partial charge < -0.3 is 14.8 Å². The van der Waals surface area contributed by atoms with Crippen molar-refractivity contribution in [3.63, 3.8) is 0 Å². The van der Waals surface area contributed by atoms with E-state index in [0.717, 1.165) is 0 Å². The standard InChI is InChI=1S/C27H29FN4O5/c1-26(2,3)36-24(34)32(25(35)37-27(4,5)6)23-29-16-15-21(31-23)17-9-13-20(14-10-17)30-22(33)18-7-11-19(28)12-8-18/h7-16H,1-6H3,(H,30,33). The molecule has 0 radical (unpaired) electrons. The van der Waals surface area contributed by atoms with Crippen LogP contribution < -0.4 is 10.2 Å². The van der Waals surface area contributed by atoms with Gasteiger partial charge in [0.1, 0.15) is 17.0 Å². The number of rotatable bonds is 4. The maximum absolute atomic E-state index is 13.1. The van der Waals surface area contributed by atoms with Crippen LogP contribution in [0.4, 0.5) is 25.6 Å². The van der Waals surface area contributed by atoms with Crippen LogP contribution in [0, 0.1) is 5.82 Å². The van der Waals surface area contributed by atoms with Crippen molar-refractivity contribution >= 4 is 29.7 Å². The minimum atomic E-state index is -0.974. The Morgan fingerprint density at radius 3 is 1.86 bits per heavy atom. The quantitative estimate of drug-likeness (QED) is 0.446. The van der Waals surface area contributed by atoms with Crippen molar-refractivity contribution < 1.29 is 28.2 Å². The third kappa shape index (κ3) is 7.83. The van der Waals surface area contributed by atoms with Gasteiger partial charge in [0.2, 0.25) is 5.95 Å². The molecule has 0 atom stereocenters. The summed E-state index contributed by atoms with van der Waals surface area (Å²) in [5.74, 6) is -1.03. The number of ether oxygens (including phenoxy) is 2. The Hall–Kier alpha value is -4.34. The Labute approximate surface area is 214 Å². The van der Waals surface area contributed by atoms with Gasteiger partial charge in [0.25, 0.3) is 5.91 Å². The van der Waals surface area contributed by atoms with Gasteiger partial charge in [-0.2, -0.15) is 0 Å². The summed E-state index contributed by atoms with van der Waals surface area (Å²) in [6, 6.07) is 13.6. The average Bonchev–Trinajstić information content (AvgIpc) is 2.78. The third-order valence-electron chi connectivity index (χ3n) is 4.54. The molecule has 10 heteroatoms. The minimum absolute atomic E-state index is 0.213. The summed E-state index contributed by atoms with van der Waals surface area (Å²) < 4.78 is 23.9. The number of nitrogens with one attached hydrogen (secondary N) is 1. The van der Waals surface area contributed by atoms with Crippen LogP contribution in [0.1, 0.15) is 51.9 Å². The van der Waals surface area contributed by atoms with Crippen LogP contribution in [0.3, 0.4) is 0 Å². The predicted molar refractivity (Wildman–Crippen MR) is 137 cm³/mol. The highest BCUT2D eigenvalue weighted by Crippen LogP contribution is 2.24. The monoisotopic (exact) mass is 508 g/mol. The number of imide groups is 1. The molecule has 3 amide bonds. The normalized spacial score (nSPS) is 11.4. The molecule has 1 aromatic heterocycles. The fraction of sp³-hybridized carbons (Fsp3) is 0.296. The van der Waals surface area contributed by atoms with Gasteiger partial charge in [-0.05, 0) is 84.0 Å². The van der Waals surface area contributed by atoms with E-state index in [0.29, 0.717) is 27.4 Å². The number of carbonyl (C=O) groups excluding carboxylic acids is 3. The van der Waals surface area contributed by atoms with Gasteiger partial charge in [-0.1, -0.05) is 12.1 Å². The number of aromatic nitrogens is 2. The number of anilines is 2. The highest BCUT2D eigenvalue weighted by atomic mass is 19.1. The topological polar surface area (TPSA) is 111 Å². The SMILES string of the molecule is CC(C)(C)OC(=O)N(C(=O)OC(C)(C)C)c1nccc(-c2ccc(NC(=O)c3ccc(F)cc3)cc2)n1. The third-order valence-corrected chi connectivity index (χ3v) is 4.54. The molecular formula is C27H29FN4O5. The van der Waals surface area contributed by atoms with Crippen LogP contribution >= 0.6 is 0 Å². The average molecular weight is 509 g/mol. The lowest BCUT2D eigenvalue weighted by molar-refractivity contribution is 0.0427. The number of nitrogens with zero attached hydrogens (tertiary/aromatic N) is 3. The predicted octanol–water partition coefficient (Wildman–Crippen LogP) is 6.21. The number of halogens is 1. The summed E-state index contributed by atoms with van der Waals surface area (Å²) in [6.45, 7) is 10.0. The zero-order valence-electron chi connectivity index (χ0n) is 21.5. The molecule has 194 valence electrons. The summed E-state index contributed by atoms with van der Waals surface area (Å²) in [5, 5.41) is 2.73. The molecule has 0 aliphatic rings. The molecule has 0 aliphatic heterocycles. The van der Waals surface area contributed by atoms with Gasteiger partial charge in [0.15, 0.2) is 0 Å². The summed E-state index contributed by atoms with van der Waals surface area (Å²) in [7, 11) is 0. The fourth-order valence-corrected chi connectivity index (χ4v) is 3.00. The van der Waals surface area contributed by atoms with E-state index in [1.807, 2.05) is 0 Å². The molecule has 3 rings (SSSR count). The first kappa shape index (κ1) is 27.3. The molecule has 0 saturated carbocycles. The number of carbonyl (C=O) groups is 3. The van der Waals surface area contributed by atoms with Gasteiger partial charge in [0.05, 0.1) is 5.69 Å². The second-order valence-electron chi connectivity index (χ2n) is 10.1. The van der Waals surface area contributed by atoms with E-state index >= 15 is 0 Å². The Balaban J connectivity index is 1.85. The van der Waals surface area contributed by atoms with Crippen molar-refractivity contribution in [3.05, 3.63) is 72.2 Å². The van der Waals surface area contributed by atoms with Gasteiger partial charge in [-0.3, -0.25) is 4.79 Å². The van der Waals surface area contributed by atoms with Crippen LogP contribution in [0.15, 0.2) is 60.8 Å². The first-order valence-electron chi connectivity index (χ1n) is 11.5. The van der Waals surface area contributed by atoms with Crippen LogP contribution in [-0.4, -0.2) is 39.3 Å². The number of amides is 3. The highest BCUT2D eigenvalue weighted by molar-refractivity contribution is 6.08. The molecular weight excluding hydrogens is 479 g/mol. The van der Waals surface area contributed by atoms with Crippen molar-refractivity contribution in [2.24, 2.45) is 0 Å². The molecule has 0 unspecified atom stereocenters. The van der Waals surface area contributed by atoms with E-state index in [1.54, 1.807) is 71.9 Å². The molecule has 37 heavy (non-hydrogen) atoms. The zero-order valence-corrected chi connectivity index (χ0v) is 21.5. The second-order valence-corrected chi connectivity index (χ2v) is 10.1. The molecule has 0 fully saturated rings. The van der Waals surface area contributed by atoms with Crippen molar-refractivity contribution in [2.45, 2.75) is 52.7 Å². The Morgan fingerprint density at radius 2 is 1.35 bits per heavy atom. The van der Waals surface area contributed by atoms with Crippen molar-refractivity contribution in [1.29, 1.82) is 0 Å². The zero-order chi connectivity index (χ0) is 27.4. The van der Waals surface area contributed by atoms with Gasteiger partial charge >= 0.3 is 12.2 Å². The van der Waals surface area contributed by atoms with E-state index in [9.17, 15) is 18.8 Å². The molecule has 0 aliphatic carbocycles. The summed E-state index contributed by atoms with van der Waals surface area (Å²) in [4.78, 5) is 47.3. The van der Waals surface area contributed by atoms with Gasteiger partial charge in [-0.25, -0.2) is 23.9 Å². The molecule has 1 heterocycles. The Morgan fingerprint density at radius 1 is 0.811 bits per heavy atom. The van der Waals surface area contributed by atoms with Crippen LogP contribution in [0.5, 0.6) is 0 Å². The van der Waals surface area contributed by atoms with Crippen molar-refractivity contribution in [2.75, 3.05) is 10.2 Å². The minimum Gasteiger partial charge on any atom is -0.443 e. The van der Waals surface area contributed by atoms with Gasteiger partial charge in [-0.15, -0.1) is 4.90 Å². The van der Waals surface area contributed by atoms with E-state index in [2.05, 4.69) is 15.3 Å². The summed E-state index contributed by atoms with van der Waals surface area (Å²) >= 11 is 0. The maximum Gasteiger partial charge on any atom is 0.427 e. The molecule has 0 bridgehead atoms. The van der Waals surface area contributed by atoms with E-state index in [4.69, 9.17) is 9.47 Å². The van der Waals surface area contributed by atoms with E-state index < -0.39 is 29.2 Å². The summed E-state index contributed by atoms with van der Waals surface area (Å²) in [6.07, 6.45) is -0.542. The molecule has 0 saturated heterocycles. The van der Waals surface area contributed by atoms with Gasteiger partial charge in [0, 0.05) is 23.0 Å². The lowest BCUT2D eigenvalue weighted by atomic mass is 10.1. The number of hydrogen-bond acceptors (Lipinski definition) is 7. The summed E-state index contributed by atoms with van der Waals surface area (Å²) in [5.41, 5.74) is 0.133. The largest absolute Gasteiger partial charge is 0.443 e. The van der Waals surface area contributed by atoms with Crippen LogP contribution in [0.25, 0.3) is 11.3 Å². The molecule has 0 spiro atoms. The lowest BCUT2D eigenvalue weighted by Crippen LogP contribution is -2.44. The Kier molecular flexibility index (Phi) is 7.90. The molecule has 9 nitrogen and oxygen atoms in total. The first-order chi connectivity index (χ1) is 17.2.